The van der Waals surface area contributed by atoms with Crippen LogP contribution in [0.3, 0.4) is 0 Å². The fraction of sp³-hybridized carbons (Fsp3) is 0.267. The minimum Gasteiger partial charge on any atom is -0.594 e. The minimum atomic E-state index is -0.0625. The first-order chi connectivity index (χ1) is 9.58. The number of hydrogen-bond acceptors (Lipinski definition) is 3. The molecule has 0 saturated heterocycles. The Balaban J connectivity index is 2.08. The average molecular weight is 289 g/mol. The monoisotopic (exact) mass is 288 g/mol. The number of nitrogens with zero attached hydrogens (tertiary/aromatic N) is 2. The van der Waals surface area contributed by atoms with Crippen LogP contribution in [-0.4, -0.2) is 10.9 Å². The summed E-state index contributed by atoms with van der Waals surface area (Å²) in [7, 11) is 0. The van der Waals surface area contributed by atoms with Gasteiger partial charge in [0.1, 0.15) is 0 Å². The lowest BCUT2D eigenvalue weighted by atomic mass is 9.81. The Morgan fingerprint density at radius 2 is 2.10 bits per heavy atom. The molecule has 1 aromatic carbocycles. The summed E-state index contributed by atoms with van der Waals surface area (Å²) >= 11 is 6.19. The SMILES string of the molecule is Cc1cn[n+]([O-])c2c1C(=O)CC(c1ccccc1Cl)C2. The highest BCUT2D eigenvalue weighted by atomic mass is 35.5. The Kier molecular flexibility index (Phi) is 3.18. The number of carbonyl (C=O) groups excluding carboxylic acids is 1. The Morgan fingerprint density at radius 3 is 2.85 bits per heavy atom. The first-order valence-corrected chi connectivity index (χ1v) is 6.81. The van der Waals surface area contributed by atoms with Gasteiger partial charge in [0.15, 0.2) is 5.78 Å². The van der Waals surface area contributed by atoms with E-state index < -0.39 is 0 Å². The van der Waals surface area contributed by atoms with Crippen molar-refractivity contribution >= 4 is 17.4 Å². The maximum atomic E-state index is 12.3. The van der Waals surface area contributed by atoms with Gasteiger partial charge < -0.3 is 5.21 Å². The Bertz CT molecular complexity index is 700. The highest BCUT2D eigenvalue weighted by molar-refractivity contribution is 6.31. The van der Waals surface area contributed by atoms with Crippen molar-refractivity contribution in [3.63, 3.8) is 0 Å². The number of aryl methyl sites for hydroxylation is 1. The van der Waals surface area contributed by atoms with Gasteiger partial charge in [0, 0.05) is 28.9 Å². The third kappa shape index (κ3) is 2.06. The van der Waals surface area contributed by atoms with Crippen molar-refractivity contribution in [3.05, 3.63) is 63.1 Å². The lowest BCUT2D eigenvalue weighted by Gasteiger charge is -2.23. The van der Waals surface area contributed by atoms with E-state index in [4.69, 9.17) is 11.6 Å². The van der Waals surface area contributed by atoms with Gasteiger partial charge in [-0.3, -0.25) is 4.79 Å². The second-order valence-electron chi connectivity index (χ2n) is 5.07. The molecular formula is C15H13ClN2O2. The fourth-order valence-electron chi connectivity index (χ4n) is 2.82. The average Bonchev–Trinajstić information content (AvgIpc) is 2.43. The number of fused-ring (bicyclic) bond motifs is 1. The zero-order chi connectivity index (χ0) is 14.3. The Labute approximate surface area is 121 Å². The van der Waals surface area contributed by atoms with Gasteiger partial charge in [-0.05, 0) is 24.1 Å². The molecule has 1 aromatic heterocycles. The van der Waals surface area contributed by atoms with Crippen LogP contribution < -0.4 is 4.85 Å². The quantitative estimate of drug-likeness (QED) is 0.599. The van der Waals surface area contributed by atoms with Crippen molar-refractivity contribution in [2.45, 2.75) is 25.7 Å². The van der Waals surface area contributed by atoms with Crippen LogP contribution in [0.2, 0.25) is 5.02 Å². The van der Waals surface area contributed by atoms with E-state index in [1.165, 1.54) is 6.20 Å². The van der Waals surface area contributed by atoms with Crippen molar-refractivity contribution in [2.75, 3.05) is 0 Å². The van der Waals surface area contributed by atoms with Crippen LogP contribution >= 0.6 is 11.6 Å². The summed E-state index contributed by atoms with van der Waals surface area (Å²) in [6.45, 7) is 1.81. The van der Waals surface area contributed by atoms with Crippen LogP contribution in [0.1, 0.15) is 39.5 Å². The first kappa shape index (κ1) is 13.1. The molecule has 1 aliphatic carbocycles. The summed E-state index contributed by atoms with van der Waals surface area (Å²) in [5.74, 6) is -0.0758. The lowest BCUT2D eigenvalue weighted by molar-refractivity contribution is -0.677. The summed E-state index contributed by atoms with van der Waals surface area (Å²) < 4.78 is 0. The molecule has 20 heavy (non-hydrogen) atoms. The molecule has 0 saturated carbocycles. The summed E-state index contributed by atoms with van der Waals surface area (Å²) in [4.78, 5) is 12.9. The summed E-state index contributed by atoms with van der Waals surface area (Å²) in [5, 5.41) is 16.2. The summed E-state index contributed by atoms with van der Waals surface area (Å²) in [6.07, 6.45) is 2.31. The van der Waals surface area contributed by atoms with Crippen molar-refractivity contribution in [3.8, 4) is 0 Å². The number of halogens is 1. The molecule has 0 spiro atoms. The molecule has 1 heterocycles. The van der Waals surface area contributed by atoms with E-state index in [0.717, 1.165) is 11.1 Å². The van der Waals surface area contributed by atoms with Crippen molar-refractivity contribution in [2.24, 2.45) is 0 Å². The van der Waals surface area contributed by atoms with E-state index in [1.807, 2.05) is 18.2 Å². The van der Waals surface area contributed by atoms with Crippen molar-refractivity contribution < 1.29 is 9.64 Å². The molecule has 0 amide bonds. The number of Topliss-reactive ketones (excluding diaryl/α,β-unsaturated/α-hetero) is 1. The first-order valence-electron chi connectivity index (χ1n) is 6.44. The highest BCUT2D eigenvalue weighted by Crippen LogP contribution is 2.35. The Morgan fingerprint density at radius 1 is 1.35 bits per heavy atom. The van der Waals surface area contributed by atoms with Crippen molar-refractivity contribution in [1.82, 2.24) is 5.10 Å². The smallest absolute Gasteiger partial charge is 0.233 e. The molecule has 0 N–H and O–H groups in total. The molecule has 2 aromatic rings. The van der Waals surface area contributed by atoms with E-state index in [0.29, 0.717) is 34.0 Å². The van der Waals surface area contributed by atoms with Gasteiger partial charge in [0.2, 0.25) is 5.69 Å². The predicted molar refractivity (Wildman–Crippen MR) is 74.8 cm³/mol. The van der Waals surface area contributed by atoms with E-state index in [2.05, 4.69) is 5.10 Å². The molecule has 0 radical (unpaired) electrons. The maximum Gasteiger partial charge on any atom is 0.233 e. The van der Waals surface area contributed by atoms with Gasteiger partial charge in [0.25, 0.3) is 0 Å². The van der Waals surface area contributed by atoms with Crippen LogP contribution in [0.4, 0.5) is 0 Å². The standard InChI is InChI=1S/C15H13ClN2O2/c1-9-8-17-18(20)13-6-10(7-14(19)15(9)13)11-4-2-3-5-12(11)16/h2-5,8,10H,6-7H2,1H3. The lowest BCUT2D eigenvalue weighted by Crippen LogP contribution is -2.41. The third-order valence-electron chi connectivity index (χ3n) is 3.77. The summed E-state index contributed by atoms with van der Waals surface area (Å²) in [6, 6.07) is 7.45. The molecule has 3 rings (SSSR count). The molecule has 0 fully saturated rings. The molecule has 1 unspecified atom stereocenters. The minimum absolute atomic E-state index is 0.0133. The molecule has 5 heteroatoms. The molecule has 0 aliphatic heterocycles. The van der Waals surface area contributed by atoms with Gasteiger partial charge in [-0.15, -0.1) is 0 Å². The largest absolute Gasteiger partial charge is 0.594 e. The van der Waals surface area contributed by atoms with Gasteiger partial charge >= 0.3 is 0 Å². The number of carbonyl (C=O) groups is 1. The van der Waals surface area contributed by atoms with Crippen LogP contribution in [0.25, 0.3) is 0 Å². The summed E-state index contributed by atoms with van der Waals surface area (Å²) in [5.41, 5.74) is 2.65. The number of ketones is 1. The fourth-order valence-corrected chi connectivity index (χ4v) is 3.11. The third-order valence-corrected chi connectivity index (χ3v) is 4.11. The number of benzene rings is 1. The topological polar surface area (TPSA) is 56.9 Å². The van der Waals surface area contributed by atoms with Crippen LogP contribution in [0.15, 0.2) is 30.5 Å². The van der Waals surface area contributed by atoms with Crippen LogP contribution in [0.5, 0.6) is 0 Å². The van der Waals surface area contributed by atoms with Crippen molar-refractivity contribution in [1.29, 1.82) is 0 Å². The molecule has 4 nitrogen and oxygen atoms in total. The van der Waals surface area contributed by atoms with E-state index in [9.17, 15) is 10.0 Å². The zero-order valence-electron chi connectivity index (χ0n) is 11.0. The van der Waals surface area contributed by atoms with Gasteiger partial charge in [-0.1, -0.05) is 34.6 Å². The molecule has 0 bridgehead atoms. The van der Waals surface area contributed by atoms with Crippen LogP contribution in [0, 0.1) is 12.1 Å². The second kappa shape index (κ2) is 4.87. The zero-order valence-corrected chi connectivity index (χ0v) is 11.7. The van der Waals surface area contributed by atoms with E-state index in [-0.39, 0.29) is 11.7 Å². The van der Waals surface area contributed by atoms with E-state index in [1.54, 1.807) is 13.0 Å². The molecule has 1 aliphatic rings. The predicted octanol–water partition coefficient (Wildman–Crippen LogP) is 2.59. The number of rotatable bonds is 1. The van der Waals surface area contributed by atoms with Gasteiger partial charge in [-0.2, -0.15) is 0 Å². The maximum absolute atomic E-state index is 12.3. The highest BCUT2D eigenvalue weighted by Gasteiger charge is 2.34. The Hall–Kier alpha value is -1.94. The van der Waals surface area contributed by atoms with Crippen LogP contribution in [-0.2, 0) is 6.42 Å². The molecule has 1 atom stereocenters. The normalized spacial score (nSPS) is 17.9. The number of aromatic nitrogens is 2. The molecular weight excluding hydrogens is 276 g/mol. The van der Waals surface area contributed by atoms with Gasteiger partial charge in [0.05, 0.1) is 11.8 Å². The molecule has 102 valence electrons. The second-order valence-corrected chi connectivity index (χ2v) is 5.48. The van der Waals surface area contributed by atoms with Gasteiger partial charge in [-0.25, -0.2) is 0 Å². The number of hydrogen-bond donors (Lipinski definition) is 0. The van der Waals surface area contributed by atoms with E-state index >= 15 is 0 Å².